The molecule has 2 heterocycles. The molecule has 19 heavy (non-hydrogen) atoms. The first-order valence-corrected chi connectivity index (χ1v) is 5.93. The van der Waals surface area contributed by atoms with Crippen molar-refractivity contribution < 1.29 is 0 Å². The van der Waals surface area contributed by atoms with Gasteiger partial charge in [0.25, 0.3) is 0 Å². The smallest absolute Gasteiger partial charge is 0.219 e. The van der Waals surface area contributed by atoms with Gasteiger partial charge in [-0.15, -0.1) is 0 Å². The summed E-state index contributed by atoms with van der Waals surface area (Å²) in [6.07, 6.45) is 5.24. The number of anilines is 1. The minimum absolute atomic E-state index is 0.275. The average molecular weight is 251 g/mol. The lowest BCUT2D eigenvalue weighted by Crippen LogP contribution is -1.98. The fourth-order valence-corrected chi connectivity index (χ4v) is 2.00. The Morgan fingerprint density at radius 1 is 1.00 bits per heavy atom. The second-order valence-electron chi connectivity index (χ2n) is 4.22. The van der Waals surface area contributed by atoms with Crippen LogP contribution >= 0.6 is 0 Å². The Balaban J connectivity index is 2.06. The van der Waals surface area contributed by atoms with Gasteiger partial charge in [-0.2, -0.15) is 5.10 Å². The van der Waals surface area contributed by atoms with Gasteiger partial charge in [-0.3, -0.25) is 0 Å². The van der Waals surface area contributed by atoms with Gasteiger partial charge in [0.05, 0.1) is 11.9 Å². The molecule has 0 unspecified atom stereocenters. The molecule has 0 aliphatic rings. The van der Waals surface area contributed by atoms with E-state index in [1.54, 1.807) is 12.4 Å². The zero-order valence-electron chi connectivity index (χ0n) is 10.5. The third kappa shape index (κ3) is 2.06. The number of aromatic nitrogens is 4. The molecule has 5 heteroatoms. The Kier molecular flexibility index (Phi) is 2.72. The standard InChI is InChI=1S/C14H13N5/c1-10-13(11-7-16-14(15)17-8-11)9-18-19(10)12-5-3-2-4-6-12/h2-9H,1H3,(H2,15,16,17). The van der Waals surface area contributed by atoms with E-state index in [0.717, 1.165) is 22.5 Å². The summed E-state index contributed by atoms with van der Waals surface area (Å²) < 4.78 is 1.89. The second kappa shape index (κ2) is 4.53. The highest BCUT2D eigenvalue weighted by Gasteiger charge is 2.10. The maximum atomic E-state index is 5.50. The first-order chi connectivity index (χ1) is 9.25. The summed E-state index contributed by atoms with van der Waals surface area (Å²) in [5.41, 5.74) is 9.48. The molecule has 2 N–H and O–H groups in total. The average Bonchev–Trinajstić information content (AvgIpc) is 2.83. The van der Waals surface area contributed by atoms with E-state index in [9.17, 15) is 0 Å². The minimum Gasteiger partial charge on any atom is -0.368 e. The molecule has 0 fully saturated rings. The van der Waals surface area contributed by atoms with E-state index < -0.39 is 0 Å². The molecular weight excluding hydrogens is 238 g/mol. The van der Waals surface area contributed by atoms with Crippen LogP contribution < -0.4 is 5.73 Å². The summed E-state index contributed by atoms with van der Waals surface area (Å²) in [5.74, 6) is 0.275. The largest absolute Gasteiger partial charge is 0.368 e. The van der Waals surface area contributed by atoms with E-state index in [-0.39, 0.29) is 5.95 Å². The van der Waals surface area contributed by atoms with Crippen molar-refractivity contribution in [3.63, 3.8) is 0 Å². The van der Waals surface area contributed by atoms with Gasteiger partial charge >= 0.3 is 0 Å². The lowest BCUT2D eigenvalue weighted by molar-refractivity contribution is 0.847. The molecule has 3 rings (SSSR count). The van der Waals surface area contributed by atoms with Crippen LogP contribution in [-0.2, 0) is 0 Å². The summed E-state index contributed by atoms with van der Waals surface area (Å²) in [7, 11) is 0. The zero-order chi connectivity index (χ0) is 13.2. The van der Waals surface area contributed by atoms with Crippen LogP contribution in [-0.4, -0.2) is 19.7 Å². The highest BCUT2D eigenvalue weighted by Crippen LogP contribution is 2.23. The molecule has 1 aromatic carbocycles. The normalized spacial score (nSPS) is 10.6. The Bertz CT molecular complexity index is 686. The number of nitrogens with two attached hydrogens (primary N) is 1. The molecule has 0 radical (unpaired) electrons. The van der Waals surface area contributed by atoms with Gasteiger partial charge in [-0.1, -0.05) is 18.2 Å². The van der Waals surface area contributed by atoms with Gasteiger partial charge in [0.2, 0.25) is 5.95 Å². The highest BCUT2D eigenvalue weighted by atomic mass is 15.3. The number of hydrogen-bond acceptors (Lipinski definition) is 4. The molecule has 0 saturated heterocycles. The van der Waals surface area contributed by atoms with Crippen LogP contribution in [0.2, 0.25) is 0 Å². The Morgan fingerprint density at radius 3 is 2.37 bits per heavy atom. The molecule has 0 aliphatic carbocycles. The molecule has 0 atom stereocenters. The SMILES string of the molecule is Cc1c(-c2cnc(N)nc2)cnn1-c1ccccc1. The van der Waals surface area contributed by atoms with E-state index in [2.05, 4.69) is 15.1 Å². The van der Waals surface area contributed by atoms with Crippen molar-refractivity contribution in [2.45, 2.75) is 6.92 Å². The monoisotopic (exact) mass is 251 g/mol. The topological polar surface area (TPSA) is 69.6 Å². The fraction of sp³-hybridized carbons (Fsp3) is 0.0714. The summed E-state index contributed by atoms with van der Waals surface area (Å²) in [4.78, 5) is 8.02. The first-order valence-electron chi connectivity index (χ1n) is 5.93. The van der Waals surface area contributed by atoms with Crippen molar-refractivity contribution in [3.05, 3.63) is 54.6 Å². The van der Waals surface area contributed by atoms with Crippen molar-refractivity contribution in [1.29, 1.82) is 0 Å². The van der Waals surface area contributed by atoms with Crippen LogP contribution in [0.15, 0.2) is 48.9 Å². The van der Waals surface area contributed by atoms with Crippen LogP contribution in [0.3, 0.4) is 0 Å². The molecule has 0 spiro atoms. The number of rotatable bonds is 2. The van der Waals surface area contributed by atoms with Gasteiger partial charge in [0.1, 0.15) is 0 Å². The van der Waals surface area contributed by atoms with Gasteiger partial charge in [0.15, 0.2) is 0 Å². The summed E-state index contributed by atoms with van der Waals surface area (Å²) in [6.45, 7) is 2.02. The zero-order valence-corrected chi connectivity index (χ0v) is 10.5. The summed E-state index contributed by atoms with van der Waals surface area (Å²) in [5, 5.41) is 4.41. The third-order valence-electron chi connectivity index (χ3n) is 2.99. The molecule has 2 aromatic heterocycles. The van der Waals surface area contributed by atoms with Gasteiger partial charge in [0, 0.05) is 29.2 Å². The quantitative estimate of drug-likeness (QED) is 0.758. The van der Waals surface area contributed by atoms with Crippen LogP contribution in [0.1, 0.15) is 5.69 Å². The molecule has 5 nitrogen and oxygen atoms in total. The van der Waals surface area contributed by atoms with Crippen molar-refractivity contribution >= 4 is 5.95 Å². The number of hydrogen-bond donors (Lipinski definition) is 1. The number of benzene rings is 1. The van der Waals surface area contributed by atoms with E-state index in [1.807, 2.05) is 48.1 Å². The molecule has 0 aliphatic heterocycles. The highest BCUT2D eigenvalue weighted by molar-refractivity contribution is 5.64. The Labute approximate surface area is 110 Å². The van der Waals surface area contributed by atoms with E-state index >= 15 is 0 Å². The molecule has 3 aromatic rings. The third-order valence-corrected chi connectivity index (χ3v) is 2.99. The van der Waals surface area contributed by atoms with Crippen molar-refractivity contribution in [2.75, 3.05) is 5.73 Å². The predicted molar refractivity (Wildman–Crippen MR) is 73.7 cm³/mol. The van der Waals surface area contributed by atoms with E-state index in [1.165, 1.54) is 0 Å². The minimum atomic E-state index is 0.275. The fourth-order valence-electron chi connectivity index (χ4n) is 2.00. The van der Waals surface area contributed by atoms with Gasteiger partial charge < -0.3 is 5.73 Å². The van der Waals surface area contributed by atoms with Crippen LogP contribution in [0.25, 0.3) is 16.8 Å². The Morgan fingerprint density at radius 2 is 1.68 bits per heavy atom. The molecule has 0 amide bonds. The maximum Gasteiger partial charge on any atom is 0.219 e. The van der Waals surface area contributed by atoms with Gasteiger partial charge in [-0.25, -0.2) is 14.6 Å². The van der Waals surface area contributed by atoms with Crippen LogP contribution in [0.5, 0.6) is 0 Å². The van der Waals surface area contributed by atoms with Gasteiger partial charge in [-0.05, 0) is 19.1 Å². The molecule has 0 saturated carbocycles. The predicted octanol–water partition coefficient (Wildman–Crippen LogP) is 2.22. The van der Waals surface area contributed by atoms with E-state index in [4.69, 9.17) is 5.73 Å². The van der Waals surface area contributed by atoms with Crippen LogP contribution in [0, 0.1) is 6.92 Å². The lowest BCUT2D eigenvalue weighted by atomic mass is 10.1. The van der Waals surface area contributed by atoms with Crippen LogP contribution in [0.4, 0.5) is 5.95 Å². The molecule has 0 bridgehead atoms. The summed E-state index contributed by atoms with van der Waals surface area (Å²) in [6, 6.07) is 9.99. The second-order valence-corrected chi connectivity index (χ2v) is 4.22. The molecular formula is C14H13N5. The van der Waals surface area contributed by atoms with Crippen molar-refractivity contribution in [2.24, 2.45) is 0 Å². The Hall–Kier alpha value is -2.69. The number of nitrogen functional groups attached to an aromatic ring is 1. The first kappa shape index (κ1) is 11.4. The lowest BCUT2D eigenvalue weighted by Gasteiger charge is -2.05. The number of nitrogens with zero attached hydrogens (tertiary/aromatic N) is 4. The van der Waals surface area contributed by atoms with Crippen molar-refractivity contribution in [1.82, 2.24) is 19.7 Å². The van der Waals surface area contributed by atoms with E-state index in [0.29, 0.717) is 0 Å². The van der Waals surface area contributed by atoms with Crippen molar-refractivity contribution in [3.8, 4) is 16.8 Å². The summed E-state index contributed by atoms with van der Waals surface area (Å²) >= 11 is 0. The molecule has 94 valence electrons. The maximum absolute atomic E-state index is 5.50. The number of para-hydroxylation sites is 1.